The number of nitrogens with zero attached hydrogens (tertiary/aromatic N) is 1. The zero-order valence-electron chi connectivity index (χ0n) is 14.8. The highest BCUT2D eigenvalue weighted by atomic mass is 35.5. The van der Waals surface area contributed by atoms with Crippen LogP contribution in [0, 0.1) is 0 Å². The summed E-state index contributed by atoms with van der Waals surface area (Å²) < 4.78 is 10.2. The number of benzene rings is 2. The van der Waals surface area contributed by atoms with Crippen LogP contribution in [0.25, 0.3) is 0 Å². The molecule has 0 unspecified atom stereocenters. The Morgan fingerprint density at radius 3 is 2.57 bits per heavy atom. The maximum Gasteiger partial charge on any atom is 0.329 e. The number of primary amides is 1. The van der Waals surface area contributed by atoms with Gasteiger partial charge >= 0.3 is 11.8 Å². The molecule has 0 aliphatic heterocycles. The largest absolute Gasteiger partial charge is 0.495 e. The summed E-state index contributed by atoms with van der Waals surface area (Å²) in [6.07, 6.45) is 1.29. The summed E-state index contributed by atoms with van der Waals surface area (Å²) in [6.45, 7) is -0.301. The Bertz CT molecular complexity index is 917. The molecule has 0 radical (unpaired) electrons. The fraction of sp³-hybridized carbons (Fsp3) is 0.111. The second-order valence-electron chi connectivity index (χ2n) is 5.30. The van der Waals surface area contributed by atoms with E-state index in [0.29, 0.717) is 17.0 Å². The van der Waals surface area contributed by atoms with Crippen LogP contribution in [0.15, 0.2) is 47.6 Å². The summed E-state index contributed by atoms with van der Waals surface area (Å²) in [5, 5.41) is 6.35. The average molecular weight is 405 g/mol. The van der Waals surface area contributed by atoms with Crippen molar-refractivity contribution < 1.29 is 23.9 Å². The fourth-order valence-corrected chi connectivity index (χ4v) is 2.25. The van der Waals surface area contributed by atoms with Crippen molar-refractivity contribution >= 4 is 41.2 Å². The van der Waals surface area contributed by atoms with Gasteiger partial charge in [-0.2, -0.15) is 5.10 Å². The molecule has 0 aliphatic rings. The SMILES string of the molecule is COc1ccccc1NC(=O)C(=O)N/N=C\c1ccc(OCC(N)=O)c(Cl)c1. The monoisotopic (exact) mass is 404 g/mol. The van der Waals surface area contributed by atoms with E-state index in [-0.39, 0.29) is 17.4 Å². The molecule has 10 heteroatoms. The number of nitrogens with two attached hydrogens (primary N) is 1. The molecule has 0 heterocycles. The molecular weight excluding hydrogens is 388 g/mol. The summed E-state index contributed by atoms with van der Waals surface area (Å²) in [6, 6.07) is 11.3. The molecule has 9 nitrogen and oxygen atoms in total. The highest BCUT2D eigenvalue weighted by molar-refractivity contribution is 6.39. The standard InChI is InChI=1S/C18H17ClN4O5/c1-27-15-5-3-2-4-13(15)22-17(25)18(26)23-21-9-11-6-7-14(12(19)8-11)28-10-16(20)24/h2-9H,10H2,1H3,(H2,20,24)(H,22,25)(H,23,26)/b21-9-. The number of carbonyl (C=O) groups is 3. The lowest BCUT2D eigenvalue weighted by Crippen LogP contribution is -2.32. The molecule has 0 saturated carbocycles. The van der Waals surface area contributed by atoms with E-state index >= 15 is 0 Å². The molecule has 2 aromatic rings. The van der Waals surface area contributed by atoms with E-state index in [9.17, 15) is 14.4 Å². The first-order chi connectivity index (χ1) is 13.4. The fourth-order valence-electron chi connectivity index (χ4n) is 2.01. The molecule has 0 atom stereocenters. The van der Waals surface area contributed by atoms with Gasteiger partial charge in [0.1, 0.15) is 11.5 Å². The van der Waals surface area contributed by atoms with Crippen LogP contribution in [-0.4, -0.2) is 37.7 Å². The van der Waals surface area contributed by atoms with E-state index < -0.39 is 17.7 Å². The van der Waals surface area contributed by atoms with Crippen LogP contribution in [-0.2, 0) is 14.4 Å². The van der Waals surface area contributed by atoms with Crippen molar-refractivity contribution in [2.24, 2.45) is 10.8 Å². The number of hydrogen-bond acceptors (Lipinski definition) is 6. The predicted octanol–water partition coefficient (Wildman–Crippen LogP) is 1.30. The zero-order valence-corrected chi connectivity index (χ0v) is 15.5. The highest BCUT2D eigenvalue weighted by Gasteiger charge is 2.14. The highest BCUT2D eigenvalue weighted by Crippen LogP contribution is 2.25. The lowest BCUT2D eigenvalue weighted by atomic mass is 10.2. The summed E-state index contributed by atoms with van der Waals surface area (Å²) in [5.41, 5.74) is 7.98. The molecule has 28 heavy (non-hydrogen) atoms. The van der Waals surface area contributed by atoms with Crippen molar-refractivity contribution in [3.63, 3.8) is 0 Å². The Kier molecular flexibility index (Phi) is 7.35. The third-order valence-corrected chi connectivity index (χ3v) is 3.56. The number of carbonyl (C=O) groups excluding carboxylic acids is 3. The molecule has 0 saturated heterocycles. The minimum absolute atomic E-state index is 0.227. The van der Waals surface area contributed by atoms with Gasteiger partial charge in [-0.15, -0.1) is 0 Å². The van der Waals surface area contributed by atoms with Crippen LogP contribution >= 0.6 is 11.6 Å². The number of hydrazone groups is 1. The van der Waals surface area contributed by atoms with Crippen molar-refractivity contribution in [1.82, 2.24) is 5.43 Å². The van der Waals surface area contributed by atoms with Gasteiger partial charge in [0.15, 0.2) is 6.61 Å². The van der Waals surface area contributed by atoms with Crippen molar-refractivity contribution in [1.29, 1.82) is 0 Å². The average Bonchev–Trinajstić information content (AvgIpc) is 2.67. The van der Waals surface area contributed by atoms with E-state index in [0.717, 1.165) is 0 Å². The molecule has 4 N–H and O–H groups in total. The topological polar surface area (TPSA) is 132 Å². The molecule has 146 valence electrons. The van der Waals surface area contributed by atoms with E-state index in [2.05, 4.69) is 15.8 Å². The number of methoxy groups -OCH3 is 1. The van der Waals surface area contributed by atoms with Crippen LogP contribution in [0.2, 0.25) is 5.02 Å². The second-order valence-corrected chi connectivity index (χ2v) is 5.71. The maximum atomic E-state index is 11.9. The third-order valence-electron chi connectivity index (χ3n) is 3.27. The number of nitrogens with one attached hydrogen (secondary N) is 2. The number of amides is 3. The Morgan fingerprint density at radius 1 is 1.14 bits per heavy atom. The van der Waals surface area contributed by atoms with Gasteiger partial charge < -0.3 is 20.5 Å². The van der Waals surface area contributed by atoms with Gasteiger partial charge in [-0.05, 0) is 35.9 Å². The molecule has 2 aromatic carbocycles. The predicted molar refractivity (Wildman–Crippen MR) is 104 cm³/mol. The molecule has 0 aliphatic carbocycles. The Labute approximate surface area is 165 Å². The van der Waals surface area contributed by atoms with Gasteiger partial charge in [0.2, 0.25) is 0 Å². The Balaban J connectivity index is 1.92. The van der Waals surface area contributed by atoms with Gasteiger partial charge in [0.05, 0.1) is 24.0 Å². The van der Waals surface area contributed by atoms with Crippen molar-refractivity contribution in [2.45, 2.75) is 0 Å². The zero-order chi connectivity index (χ0) is 20.5. The smallest absolute Gasteiger partial charge is 0.329 e. The van der Waals surface area contributed by atoms with E-state index in [1.54, 1.807) is 30.3 Å². The lowest BCUT2D eigenvalue weighted by molar-refractivity contribution is -0.136. The number of para-hydroxylation sites is 2. The van der Waals surface area contributed by atoms with Crippen LogP contribution < -0.4 is 25.9 Å². The molecule has 0 fully saturated rings. The molecular formula is C18H17ClN4O5. The Morgan fingerprint density at radius 2 is 1.89 bits per heavy atom. The normalized spacial score (nSPS) is 10.4. The van der Waals surface area contributed by atoms with Crippen LogP contribution in [0.3, 0.4) is 0 Å². The van der Waals surface area contributed by atoms with Gasteiger partial charge in [-0.1, -0.05) is 23.7 Å². The number of anilines is 1. The maximum absolute atomic E-state index is 11.9. The third kappa shape index (κ3) is 5.99. The van der Waals surface area contributed by atoms with Crippen molar-refractivity contribution in [2.75, 3.05) is 19.0 Å². The summed E-state index contributed by atoms with van der Waals surface area (Å²) >= 11 is 6.02. The first kappa shape index (κ1) is 20.7. The summed E-state index contributed by atoms with van der Waals surface area (Å²) in [4.78, 5) is 34.5. The molecule has 0 bridgehead atoms. The molecule has 0 spiro atoms. The van der Waals surface area contributed by atoms with Gasteiger partial charge in [-0.3, -0.25) is 14.4 Å². The molecule has 0 aromatic heterocycles. The minimum atomic E-state index is -0.963. The van der Waals surface area contributed by atoms with E-state index in [1.165, 1.54) is 25.5 Å². The van der Waals surface area contributed by atoms with Gasteiger partial charge in [0.25, 0.3) is 5.91 Å². The van der Waals surface area contributed by atoms with Crippen molar-refractivity contribution in [3.05, 3.63) is 53.1 Å². The molecule has 2 rings (SSSR count). The number of hydrogen-bond donors (Lipinski definition) is 3. The number of halogens is 1. The first-order valence-electron chi connectivity index (χ1n) is 7.88. The van der Waals surface area contributed by atoms with E-state index in [1.807, 2.05) is 0 Å². The van der Waals surface area contributed by atoms with Crippen LogP contribution in [0.5, 0.6) is 11.5 Å². The van der Waals surface area contributed by atoms with Crippen molar-refractivity contribution in [3.8, 4) is 11.5 Å². The summed E-state index contributed by atoms with van der Waals surface area (Å²) in [7, 11) is 1.45. The van der Waals surface area contributed by atoms with Crippen LogP contribution in [0.4, 0.5) is 5.69 Å². The van der Waals surface area contributed by atoms with Gasteiger partial charge in [-0.25, -0.2) is 5.43 Å². The summed E-state index contributed by atoms with van der Waals surface area (Å²) in [5.74, 6) is -1.81. The Hall–Kier alpha value is -3.59. The quantitative estimate of drug-likeness (QED) is 0.363. The van der Waals surface area contributed by atoms with E-state index in [4.69, 9.17) is 26.8 Å². The number of ether oxygens (including phenoxy) is 2. The first-order valence-corrected chi connectivity index (χ1v) is 8.26. The minimum Gasteiger partial charge on any atom is -0.495 e. The van der Waals surface area contributed by atoms with Crippen LogP contribution in [0.1, 0.15) is 5.56 Å². The molecule has 3 amide bonds. The lowest BCUT2D eigenvalue weighted by Gasteiger charge is -2.08. The second kappa shape index (κ2) is 9.93. The van der Waals surface area contributed by atoms with Gasteiger partial charge in [0, 0.05) is 0 Å². The number of rotatable bonds is 7.